The van der Waals surface area contributed by atoms with Gasteiger partial charge in [0.1, 0.15) is 0 Å². The fraction of sp³-hybridized carbons (Fsp3) is 0.895. The van der Waals surface area contributed by atoms with Gasteiger partial charge in [0, 0.05) is 18.6 Å². The highest BCUT2D eigenvalue weighted by Gasteiger charge is 2.32. The van der Waals surface area contributed by atoms with Crippen molar-refractivity contribution in [2.24, 2.45) is 5.92 Å². The zero-order chi connectivity index (χ0) is 16.8. The van der Waals surface area contributed by atoms with Crippen molar-refractivity contribution in [2.45, 2.75) is 89.1 Å². The minimum Gasteiger partial charge on any atom is -0.335 e. The molecule has 0 unspecified atom stereocenters. The molecule has 3 aliphatic rings. The normalized spacial score (nSPS) is 23.2. The van der Waals surface area contributed by atoms with Crippen LogP contribution in [0.1, 0.15) is 77.0 Å². The van der Waals surface area contributed by atoms with Crippen LogP contribution < -0.4 is 10.6 Å². The van der Waals surface area contributed by atoms with Crippen LogP contribution in [0.2, 0.25) is 0 Å². The van der Waals surface area contributed by atoms with E-state index >= 15 is 0 Å². The van der Waals surface area contributed by atoms with Gasteiger partial charge in [0.05, 0.1) is 6.54 Å². The monoisotopic (exact) mass is 335 g/mol. The average Bonchev–Trinajstić information content (AvgIpc) is 3.41. The first-order valence-corrected chi connectivity index (χ1v) is 10.0. The molecular weight excluding hydrogens is 302 g/mol. The molecule has 0 saturated heterocycles. The third-order valence-corrected chi connectivity index (χ3v) is 5.82. The third-order valence-electron chi connectivity index (χ3n) is 5.82. The van der Waals surface area contributed by atoms with Crippen molar-refractivity contribution in [3.8, 4) is 0 Å². The molecule has 5 nitrogen and oxygen atoms in total. The van der Waals surface area contributed by atoms with Crippen LogP contribution in [0.4, 0.5) is 4.79 Å². The van der Waals surface area contributed by atoms with E-state index in [0.29, 0.717) is 12.6 Å². The van der Waals surface area contributed by atoms with Gasteiger partial charge < -0.3 is 5.32 Å². The molecule has 3 aliphatic carbocycles. The first kappa shape index (κ1) is 17.7. The van der Waals surface area contributed by atoms with E-state index in [2.05, 4.69) is 15.5 Å². The van der Waals surface area contributed by atoms with Crippen LogP contribution in [-0.4, -0.2) is 42.0 Å². The van der Waals surface area contributed by atoms with E-state index in [0.717, 1.165) is 25.3 Å². The van der Waals surface area contributed by atoms with Gasteiger partial charge in [-0.3, -0.25) is 15.0 Å². The lowest BCUT2D eigenvalue weighted by Crippen LogP contribution is -2.48. The van der Waals surface area contributed by atoms with Crippen molar-refractivity contribution in [1.82, 2.24) is 15.5 Å². The Bertz CT molecular complexity index is 424. The zero-order valence-corrected chi connectivity index (χ0v) is 14.9. The highest BCUT2D eigenvalue weighted by atomic mass is 16.2. The van der Waals surface area contributed by atoms with Crippen molar-refractivity contribution < 1.29 is 9.59 Å². The van der Waals surface area contributed by atoms with Crippen LogP contribution >= 0.6 is 0 Å². The molecule has 3 saturated carbocycles. The molecule has 136 valence electrons. The summed E-state index contributed by atoms with van der Waals surface area (Å²) in [7, 11) is 0. The molecule has 5 heteroatoms. The van der Waals surface area contributed by atoms with Crippen molar-refractivity contribution in [1.29, 1.82) is 0 Å². The van der Waals surface area contributed by atoms with Crippen LogP contribution in [0.5, 0.6) is 0 Å². The Morgan fingerprint density at radius 2 is 1.46 bits per heavy atom. The summed E-state index contributed by atoms with van der Waals surface area (Å²) < 4.78 is 0. The number of carbonyl (C=O) groups is 2. The molecule has 0 aromatic heterocycles. The Labute approximate surface area is 145 Å². The van der Waals surface area contributed by atoms with Gasteiger partial charge in [0.15, 0.2) is 0 Å². The van der Waals surface area contributed by atoms with Gasteiger partial charge in [0.25, 0.3) is 0 Å². The van der Waals surface area contributed by atoms with Crippen molar-refractivity contribution in [3.05, 3.63) is 0 Å². The molecule has 0 aromatic carbocycles. The second-order valence-electron chi connectivity index (χ2n) is 8.02. The Morgan fingerprint density at radius 1 is 0.833 bits per heavy atom. The van der Waals surface area contributed by atoms with Gasteiger partial charge in [-0.05, 0) is 44.4 Å². The number of hydrogen-bond donors (Lipinski definition) is 2. The van der Waals surface area contributed by atoms with Crippen LogP contribution in [0.25, 0.3) is 0 Å². The summed E-state index contributed by atoms with van der Waals surface area (Å²) in [5.74, 6) is 0.592. The Kier molecular flexibility index (Phi) is 6.52. The molecule has 0 aromatic rings. The first-order valence-electron chi connectivity index (χ1n) is 10.0. The molecule has 3 amide bonds. The highest BCUT2D eigenvalue weighted by molar-refractivity contribution is 5.95. The summed E-state index contributed by atoms with van der Waals surface area (Å²) in [5, 5.41) is 5.51. The Hall–Kier alpha value is -1.10. The maximum Gasteiger partial charge on any atom is 0.321 e. The number of hydrogen-bond acceptors (Lipinski definition) is 3. The van der Waals surface area contributed by atoms with Crippen LogP contribution in [-0.2, 0) is 4.79 Å². The van der Waals surface area contributed by atoms with Gasteiger partial charge >= 0.3 is 6.03 Å². The van der Waals surface area contributed by atoms with E-state index < -0.39 is 0 Å². The molecule has 0 atom stereocenters. The highest BCUT2D eigenvalue weighted by Crippen LogP contribution is 2.31. The van der Waals surface area contributed by atoms with E-state index in [1.54, 1.807) is 0 Å². The number of nitrogens with one attached hydrogen (secondary N) is 2. The number of amides is 3. The molecule has 0 heterocycles. The van der Waals surface area contributed by atoms with Gasteiger partial charge in [-0.1, -0.05) is 38.5 Å². The summed E-state index contributed by atoms with van der Waals surface area (Å²) in [5.41, 5.74) is 0. The largest absolute Gasteiger partial charge is 0.335 e. The minimum atomic E-state index is -0.305. The fourth-order valence-corrected chi connectivity index (χ4v) is 4.30. The lowest BCUT2D eigenvalue weighted by molar-refractivity contribution is -0.121. The number of urea groups is 1. The van der Waals surface area contributed by atoms with Crippen molar-refractivity contribution in [3.63, 3.8) is 0 Å². The maximum absolute atomic E-state index is 12.3. The lowest BCUT2D eigenvalue weighted by atomic mass is 9.89. The summed E-state index contributed by atoms with van der Waals surface area (Å²) in [6, 6.07) is 0.507. The van der Waals surface area contributed by atoms with Crippen LogP contribution in [0.3, 0.4) is 0 Å². The minimum absolute atomic E-state index is 0.147. The smallest absolute Gasteiger partial charge is 0.321 e. The fourth-order valence-electron chi connectivity index (χ4n) is 4.30. The molecule has 2 N–H and O–H groups in total. The van der Waals surface area contributed by atoms with E-state index in [9.17, 15) is 9.59 Å². The van der Waals surface area contributed by atoms with Gasteiger partial charge in [-0.2, -0.15) is 0 Å². The number of nitrogens with zero attached hydrogens (tertiary/aromatic N) is 1. The molecule has 3 fully saturated rings. The SMILES string of the molecule is O=C(CN(CC1CCCCC1)C1CC1)NC(=O)NC1CCCCC1. The molecule has 0 aliphatic heterocycles. The second-order valence-corrected chi connectivity index (χ2v) is 8.02. The molecule has 0 spiro atoms. The molecule has 0 bridgehead atoms. The van der Waals surface area contributed by atoms with E-state index in [1.807, 2.05) is 0 Å². The standard InChI is InChI=1S/C19H33N3O2/c23-18(21-19(24)20-16-9-5-2-6-10-16)14-22(17-11-12-17)13-15-7-3-1-4-8-15/h15-17H,1-14H2,(H2,20,21,23,24). The average molecular weight is 335 g/mol. The Balaban J connectivity index is 1.40. The van der Waals surface area contributed by atoms with Gasteiger partial charge in [-0.25, -0.2) is 4.79 Å². The van der Waals surface area contributed by atoms with E-state index in [1.165, 1.54) is 64.2 Å². The van der Waals surface area contributed by atoms with E-state index in [4.69, 9.17) is 0 Å². The predicted octanol–water partition coefficient (Wildman–Crippen LogP) is 3.19. The van der Waals surface area contributed by atoms with Crippen molar-refractivity contribution in [2.75, 3.05) is 13.1 Å². The lowest BCUT2D eigenvalue weighted by Gasteiger charge is -2.29. The number of imide groups is 1. The second kappa shape index (κ2) is 8.84. The number of rotatable bonds is 6. The van der Waals surface area contributed by atoms with Crippen LogP contribution in [0.15, 0.2) is 0 Å². The van der Waals surface area contributed by atoms with Crippen LogP contribution in [0, 0.1) is 5.92 Å². The molecule has 3 rings (SSSR count). The maximum atomic E-state index is 12.3. The summed E-state index contributed by atoms with van der Waals surface area (Å²) >= 11 is 0. The first-order chi connectivity index (χ1) is 11.7. The predicted molar refractivity (Wildman–Crippen MR) is 94.7 cm³/mol. The quantitative estimate of drug-likeness (QED) is 0.783. The molecular formula is C19H33N3O2. The summed E-state index contributed by atoms with van der Waals surface area (Å²) in [6.07, 6.45) is 14.7. The van der Waals surface area contributed by atoms with Gasteiger partial charge in [-0.15, -0.1) is 0 Å². The topological polar surface area (TPSA) is 61.4 Å². The molecule has 0 radical (unpaired) electrons. The Morgan fingerprint density at radius 3 is 2.08 bits per heavy atom. The number of carbonyl (C=O) groups excluding carboxylic acids is 2. The third kappa shape index (κ3) is 5.76. The van der Waals surface area contributed by atoms with Crippen molar-refractivity contribution >= 4 is 11.9 Å². The summed E-state index contributed by atoms with van der Waals surface area (Å²) in [6.45, 7) is 1.40. The van der Waals surface area contributed by atoms with E-state index in [-0.39, 0.29) is 18.0 Å². The molecule has 24 heavy (non-hydrogen) atoms. The summed E-state index contributed by atoms with van der Waals surface area (Å²) in [4.78, 5) is 26.6. The van der Waals surface area contributed by atoms with Gasteiger partial charge in [0.2, 0.25) is 5.91 Å². The zero-order valence-electron chi connectivity index (χ0n) is 14.9.